The van der Waals surface area contributed by atoms with Crippen LogP contribution in [0.25, 0.3) is 11.0 Å². The summed E-state index contributed by atoms with van der Waals surface area (Å²) in [5.41, 5.74) is 1.61. The van der Waals surface area contributed by atoms with Gasteiger partial charge in [0, 0.05) is 6.54 Å². The zero-order chi connectivity index (χ0) is 11.7. The molecule has 2 aromatic rings. The highest BCUT2D eigenvalue weighted by Gasteiger charge is 2.16. The van der Waals surface area contributed by atoms with E-state index in [1.54, 1.807) is 7.11 Å². The Hall–Kier alpha value is -2.04. The van der Waals surface area contributed by atoms with Crippen molar-refractivity contribution in [3.63, 3.8) is 0 Å². The maximum atomic E-state index is 5.33. The molecule has 5 heteroatoms. The highest BCUT2D eigenvalue weighted by Crippen LogP contribution is 2.28. The second-order valence-corrected chi connectivity index (χ2v) is 3.89. The summed E-state index contributed by atoms with van der Waals surface area (Å²) in [6.07, 6.45) is 0.660. The lowest BCUT2D eigenvalue weighted by Gasteiger charge is -2.02. The standard InChI is InChI=1S/C12H13N3O2/c1-16-9-3-2-4-10-12(9)8(15-17-10)7-11-13-5-6-14-11/h2-4H,5-7H2,1H3,(H,13,14). The lowest BCUT2D eigenvalue weighted by Crippen LogP contribution is -2.20. The van der Waals surface area contributed by atoms with Crippen LogP contribution in [-0.2, 0) is 6.42 Å². The summed E-state index contributed by atoms with van der Waals surface area (Å²) >= 11 is 0. The zero-order valence-corrected chi connectivity index (χ0v) is 9.56. The van der Waals surface area contributed by atoms with E-state index in [4.69, 9.17) is 9.26 Å². The van der Waals surface area contributed by atoms with Crippen molar-refractivity contribution in [2.24, 2.45) is 4.99 Å². The minimum absolute atomic E-state index is 0.660. The molecule has 0 radical (unpaired) electrons. The van der Waals surface area contributed by atoms with E-state index in [1.807, 2.05) is 18.2 Å². The van der Waals surface area contributed by atoms with Crippen LogP contribution in [0.2, 0.25) is 0 Å². The highest BCUT2D eigenvalue weighted by atomic mass is 16.5. The van der Waals surface area contributed by atoms with Crippen LogP contribution >= 0.6 is 0 Å². The van der Waals surface area contributed by atoms with Gasteiger partial charge in [0.25, 0.3) is 0 Å². The van der Waals surface area contributed by atoms with Gasteiger partial charge in [0.15, 0.2) is 5.58 Å². The van der Waals surface area contributed by atoms with Crippen LogP contribution in [0.5, 0.6) is 5.75 Å². The van der Waals surface area contributed by atoms with Crippen LogP contribution in [0.4, 0.5) is 0 Å². The largest absolute Gasteiger partial charge is 0.496 e. The first-order valence-electron chi connectivity index (χ1n) is 5.57. The summed E-state index contributed by atoms with van der Waals surface area (Å²) in [6.45, 7) is 1.74. The molecular formula is C12H13N3O2. The smallest absolute Gasteiger partial charge is 0.170 e. The number of amidine groups is 1. The van der Waals surface area contributed by atoms with Gasteiger partial charge in [-0.25, -0.2) is 0 Å². The highest BCUT2D eigenvalue weighted by molar-refractivity contribution is 5.92. The Morgan fingerprint density at radius 3 is 3.18 bits per heavy atom. The summed E-state index contributed by atoms with van der Waals surface area (Å²) in [5, 5.41) is 8.25. The second kappa shape index (κ2) is 4.08. The molecule has 0 spiro atoms. The molecule has 5 nitrogen and oxygen atoms in total. The van der Waals surface area contributed by atoms with Gasteiger partial charge in [-0.3, -0.25) is 4.99 Å². The van der Waals surface area contributed by atoms with E-state index in [9.17, 15) is 0 Å². The van der Waals surface area contributed by atoms with Crippen LogP contribution < -0.4 is 10.1 Å². The number of methoxy groups -OCH3 is 1. The van der Waals surface area contributed by atoms with Crippen molar-refractivity contribution in [3.8, 4) is 5.75 Å². The van der Waals surface area contributed by atoms with Crippen molar-refractivity contribution >= 4 is 16.8 Å². The fraction of sp³-hybridized carbons (Fsp3) is 0.333. The number of aromatic nitrogens is 1. The number of aliphatic imine (C=N–C) groups is 1. The van der Waals surface area contributed by atoms with Gasteiger partial charge in [-0.2, -0.15) is 0 Å². The van der Waals surface area contributed by atoms with Crippen LogP contribution in [0, 0.1) is 0 Å². The average molecular weight is 231 g/mol. The molecule has 88 valence electrons. The topological polar surface area (TPSA) is 59.7 Å². The fourth-order valence-electron chi connectivity index (χ4n) is 2.04. The summed E-state index contributed by atoms with van der Waals surface area (Å²) in [7, 11) is 1.65. The van der Waals surface area contributed by atoms with Crippen molar-refractivity contribution in [1.29, 1.82) is 0 Å². The van der Waals surface area contributed by atoms with Gasteiger partial charge in [0.2, 0.25) is 0 Å². The zero-order valence-electron chi connectivity index (χ0n) is 9.56. The molecule has 0 amide bonds. The molecular weight excluding hydrogens is 218 g/mol. The Bertz CT molecular complexity index is 574. The molecule has 2 heterocycles. The number of hydrogen-bond donors (Lipinski definition) is 1. The molecule has 0 bridgehead atoms. The van der Waals surface area contributed by atoms with Crippen LogP contribution in [0.15, 0.2) is 27.7 Å². The number of nitrogens with zero attached hydrogens (tertiary/aromatic N) is 2. The second-order valence-electron chi connectivity index (χ2n) is 3.89. The van der Waals surface area contributed by atoms with Crippen molar-refractivity contribution in [3.05, 3.63) is 23.9 Å². The summed E-state index contributed by atoms with van der Waals surface area (Å²) in [6, 6.07) is 5.69. The molecule has 0 fully saturated rings. The average Bonchev–Trinajstić information content (AvgIpc) is 2.99. The molecule has 0 atom stereocenters. The molecule has 3 rings (SSSR count). The lowest BCUT2D eigenvalue weighted by molar-refractivity contribution is 0.419. The van der Waals surface area contributed by atoms with E-state index in [0.29, 0.717) is 6.42 Å². The van der Waals surface area contributed by atoms with Gasteiger partial charge in [0.1, 0.15) is 17.3 Å². The molecule has 0 saturated heterocycles. The van der Waals surface area contributed by atoms with Crippen molar-refractivity contribution < 1.29 is 9.26 Å². The first kappa shape index (κ1) is 10.1. The quantitative estimate of drug-likeness (QED) is 0.867. The normalized spacial score (nSPS) is 14.8. The molecule has 0 unspecified atom stereocenters. The molecule has 1 N–H and O–H groups in total. The van der Waals surface area contributed by atoms with E-state index >= 15 is 0 Å². The maximum absolute atomic E-state index is 5.33. The number of fused-ring (bicyclic) bond motifs is 1. The number of nitrogens with one attached hydrogen (secondary N) is 1. The first-order chi connectivity index (χ1) is 8.38. The van der Waals surface area contributed by atoms with E-state index in [1.165, 1.54) is 0 Å². The van der Waals surface area contributed by atoms with Crippen molar-refractivity contribution in [2.45, 2.75) is 6.42 Å². The van der Waals surface area contributed by atoms with E-state index in [-0.39, 0.29) is 0 Å². The van der Waals surface area contributed by atoms with Crippen LogP contribution in [-0.4, -0.2) is 31.2 Å². The van der Waals surface area contributed by atoms with E-state index in [2.05, 4.69) is 15.5 Å². The Kier molecular flexibility index (Phi) is 2.44. The molecule has 0 saturated carbocycles. The fourth-order valence-corrected chi connectivity index (χ4v) is 2.04. The van der Waals surface area contributed by atoms with Gasteiger partial charge in [-0.1, -0.05) is 11.2 Å². The predicted octanol–water partition coefficient (Wildman–Crippen LogP) is 1.38. The Labute approximate surface area is 98.5 Å². The molecule has 1 aromatic carbocycles. The summed E-state index contributed by atoms with van der Waals surface area (Å²) in [5.74, 6) is 1.75. The van der Waals surface area contributed by atoms with E-state index < -0.39 is 0 Å². The SMILES string of the molecule is COc1cccc2onc(CC3=NCCN3)c12. The molecule has 1 aliphatic rings. The third-order valence-electron chi connectivity index (χ3n) is 2.83. The summed E-state index contributed by atoms with van der Waals surface area (Å²) in [4.78, 5) is 4.36. The van der Waals surface area contributed by atoms with E-state index in [0.717, 1.165) is 41.3 Å². The summed E-state index contributed by atoms with van der Waals surface area (Å²) < 4.78 is 10.6. The Morgan fingerprint density at radius 1 is 1.47 bits per heavy atom. The molecule has 1 aromatic heterocycles. The van der Waals surface area contributed by atoms with Crippen LogP contribution in [0.3, 0.4) is 0 Å². The third-order valence-corrected chi connectivity index (χ3v) is 2.83. The van der Waals surface area contributed by atoms with Crippen molar-refractivity contribution in [1.82, 2.24) is 10.5 Å². The minimum atomic E-state index is 0.660. The molecule has 0 aliphatic carbocycles. The first-order valence-corrected chi connectivity index (χ1v) is 5.57. The van der Waals surface area contributed by atoms with Crippen molar-refractivity contribution in [2.75, 3.05) is 20.2 Å². The van der Waals surface area contributed by atoms with Crippen LogP contribution in [0.1, 0.15) is 5.69 Å². The van der Waals surface area contributed by atoms with Gasteiger partial charge >= 0.3 is 0 Å². The van der Waals surface area contributed by atoms with Gasteiger partial charge in [-0.05, 0) is 12.1 Å². The van der Waals surface area contributed by atoms with Gasteiger partial charge in [-0.15, -0.1) is 0 Å². The number of benzene rings is 1. The molecule has 1 aliphatic heterocycles. The lowest BCUT2D eigenvalue weighted by atomic mass is 10.1. The van der Waals surface area contributed by atoms with Gasteiger partial charge < -0.3 is 14.6 Å². The minimum Gasteiger partial charge on any atom is -0.496 e. The monoisotopic (exact) mass is 231 g/mol. The third kappa shape index (κ3) is 1.73. The Morgan fingerprint density at radius 2 is 2.41 bits per heavy atom. The molecule has 17 heavy (non-hydrogen) atoms. The predicted molar refractivity (Wildman–Crippen MR) is 64.6 cm³/mol. The maximum Gasteiger partial charge on any atom is 0.170 e. The van der Waals surface area contributed by atoms with Gasteiger partial charge in [0.05, 0.1) is 25.5 Å². The number of ether oxygens (including phenoxy) is 1. The number of rotatable bonds is 3. The Balaban J connectivity index is 2.04. The number of hydrogen-bond acceptors (Lipinski definition) is 5.